The van der Waals surface area contributed by atoms with Gasteiger partial charge in [-0.15, -0.1) is 0 Å². The average Bonchev–Trinajstić information content (AvgIpc) is 2.44. The third-order valence-electron chi connectivity index (χ3n) is 3.23. The number of hydrogen-bond donors (Lipinski definition) is 1. The Kier molecular flexibility index (Phi) is 7.29. The van der Waals surface area contributed by atoms with Crippen molar-refractivity contribution in [2.45, 2.75) is 32.9 Å². The van der Waals surface area contributed by atoms with Crippen molar-refractivity contribution in [3.63, 3.8) is 0 Å². The molecule has 0 bridgehead atoms. The van der Waals surface area contributed by atoms with E-state index < -0.39 is 17.5 Å². The van der Waals surface area contributed by atoms with E-state index in [1.165, 1.54) is 0 Å². The molecule has 0 unspecified atom stereocenters. The summed E-state index contributed by atoms with van der Waals surface area (Å²) in [5, 5.41) is 2.59. The maximum atomic E-state index is 14.2. The van der Waals surface area contributed by atoms with Gasteiger partial charge in [0.15, 0.2) is 0 Å². The van der Waals surface area contributed by atoms with Crippen LogP contribution < -0.4 is 10.2 Å². The Morgan fingerprint density at radius 1 is 1.25 bits per heavy atom. The molecule has 0 heterocycles. The third-order valence-corrected chi connectivity index (χ3v) is 3.51. The highest BCUT2D eigenvalue weighted by molar-refractivity contribution is 6.31. The first-order valence-corrected chi connectivity index (χ1v) is 8.18. The van der Waals surface area contributed by atoms with Gasteiger partial charge >= 0.3 is 6.09 Å². The lowest BCUT2D eigenvalue weighted by atomic mass is 10.1. The highest BCUT2D eigenvalue weighted by Crippen LogP contribution is 2.26. The molecule has 0 atom stereocenters. The predicted molar refractivity (Wildman–Crippen MR) is 96.3 cm³/mol. The molecule has 7 heteroatoms. The quantitative estimate of drug-likeness (QED) is 0.844. The van der Waals surface area contributed by atoms with Gasteiger partial charge in [0.05, 0.1) is 5.02 Å². The van der Waals surface area contributed by atoms with Gasteiger partial charge in [-0.1, -0.05) is 11.6 Å². The Morgan fingerprint density at radius 3 is 2.42 bits per heavy atom. The summed E-state index contributed by atoms with van der Waals surface area (Å²) in [6.07, 6.45) is -0.593. The number of anilines is 1. The van der Waals surface area contributed by atoms with Crippen LogP contribution in [-0.2, 0) is 11.3 Å². The number of halogens is 2. The molecular formula is C17H27ClFN3O2. The van der Waals surface area contributed by atoms with Crippen molar-refractivity contribution < 1.29 is 13.9 Å². The van der Waals surface area contributed by atoms with Gasteiger partial charge in [0.25, 0.3) is 0 Å². The van der Waals surface area contributed by atoms with Crippen LogP contribution in [0.1, 0.15) is 26.3 Å². The van der Waals surface area contributed by atoms with Crippen LogP contribution in [0.25, 0.3) is 0 Å². The van der Waals surface area contributed by atoms with Crippen molar-refractivity contribution in [1.82, 2.24) is 10.2 Å². The predicted octanol–water partition coefficient (Wildman–Crippen LogP) is 3.50. The Bertz CT molecular complexity index is 574. The first kappa shape index (κ1) is 20.5. The molecule has 1 aromatic carbocycles. The van der Waals surface area contributed by atoms with Crippen molar-refractivity contribution in [2.75, 3.05) is 39.1 Å². The molecule has 5 nitrogen and oxygen atoms in total. The van der Waals surface area contributed by atoms with E-state index in [1.807, 2.05) is 26.0 Å². The summed E-state index contributed by atoms with van der Waals surface area (Å²) >= 11 is 5.99. The van der Waals surface area contributed by atoms with Gasteiger partial charge in [0, 0.05) is 37.9 Å². The smallest absolute Gasteiger partial charge is 0.407 e. The molecule has 0 spiro atoms. The first-order chi connectivity index (χ1) is 11.0. The third kappa shape index (κ3) is 6.93. The highest BCUT2D eigenvalue weighted by atomic mass is 35.5. The fraction of sp³-hybridized carbons (Fsp3) is 0.588. The number of benzene rings is 1. The van der Waals surface area contributed by atoms with E-state index >= 15 is 0 Å². The van der Waals surface area contributed by atoms with E-state index in [4.69, 9.17) is 16.3 Å². The Morgan fingerprint density at radius 2 is 1.88 bits per heavy atom. The molecule has 1 amide bonds. The van der Waals surface area contributed by atoms with E-state index in [0.29, 0.717) is 5.56 Å². The summed E-state index contributed by atoms with van der Waals surface area (Å²) in [5.41, 5.74) is 0.512. The standard InChI is InChI=1S/C17H27ClFN3O2/c1-17(2,3)24-16(23)20-11-12-9-13(10-14(18)15(12)19)22(6)8-7-21(4)5/h9-10H,7-8,11H2,1-6H3,(H,20,23). The van der Waals surface area contributed by atoms with Crippen molar-refractivity contribution in [3.05, 3.63) is 28.5 Å². The summed E-state index contributed by atoms with van der Waals surface area (Å²) < 4.78 is 19.3. The molecular weight excluding hydrogens is 333 g/mol. The second-order valence-electron chi connectivity index (χ2n) is 6.98. The number of ether oxygens (including phenoxy) is 1. The van der Waals surface area contributed by atoms with Gasteiger partial charge in [-0.3, -0.25) is 0 Å². The van der Waals surface area contributed by atoms with Crippen LogP contribution in [0.15, 0.2) is 12.1 Å². The molecule has 24 heavy (non-hydrogen) atoms. The van der Waals surface area contributed by atoms with Gasteiger partial charge in [-0.2, -0.15) is 0 Å². The van der Waals surface area contributed by atoms with Gasteiger partial charge in [0.2, 0.25) is 0 Å². The maximum absolute atomic E-state index is 14.2. The Hall–Kier alpha value is -1.53. The zero-order valence-electron chi connectivity index (χ0n) is 15.2. The lowest BCUT2D eigenvalue weighted by Crippen LogP contribution is -2.32. The fourth-order valence-corrected chi connectivity index (χ4v) is 2.17. The zero-order valence-corrected chi connectivity index (χ0v) is 16.0. The van der Waals surface area contributed by atoms with Gasteiger partial charge < -0.3 is 19.9 Å². The summed E-state index contributed by atoms with van der Waals surface area (Å²) in [6.45, 7) is 6.94. The van der Waals surface area contributed by atoms with Crippen LogP contribution in [0.3, 0.4) is 0 Å². The van der Waals surface area contributed by atoms with Crippen molar-refractivity contribution in [3.8, 4) is 0 Å². The molecule has 1 N–H and O–H groups in total. The number of alkyl carbamates (subject to hydrolysis) is 1. The lowest BCUT2D eigenvalue weighted by Gasteiger charge is -2.23. The second-order valence-corrected chi connectivity index (χ2v) is 7.39. The van der Waals surface area contributed by atoms with E-state index in [-0.39, 0.29) is 11.6 Å². The number of carbonyl (C=O) groups is 1. The molecule has 136 valence electrons. The van der Waals surface area contributed by atoms with Crippen molar-refractivity contribution in [1.29, 1.82) is 0 Å². The minimum Gasteiger partial charge on any atom is -0.444 e. The summed E-state index contributed by atoms with van der Waals surface area (Å²) in [4.78, 5) is 15.8. The molecule has 0 aliphatic heterocycles. The molecule has 1 aromatic rings. The second kappa shape index (κ2) is 8.53. The maximum Gasteiger partial charge on any atom is 0.407 e. The normalized spacial score (nSPS) is 11.5. The number of nitrogens with zero attached hydrogens (tertiary/aromatic N) is 2. The number of amides is 1. The summed E-state index contributed by atoms with van der Waals surface area (Å²) in [7, 11) is 5.89. The molecule has 0 aliphatic rings. The van der Waals surface area contributed by atoms with Crippen molar-refractivity contribution in [2.24, 2.45) is 0 Å². The Balaban J connectivity index is 2.82. The topological polar surface area (TPSA) is 44.8 Å². The monoisotopic (exact) mass is 359 g/mol. The van der Waals surface area contributed by atoms with Gasteiger partial charge in [0.1, 0.15) is 11.4 Å². The average molecular weight is 360 g/mol. The number of nitrogens with one attached hydrogen (secondary N) is 1. The molecule has 0 radical (unpaired) electrons. The SMILES string of the molecule is CN(C)CCN(C)c1cc(Cl)c(F)c(CNC(=O)OC(C)(C)C)c1. The zero-order chi connectivity index (χ0) is 18.5. The Labute approximate surface area is 148 Å². The van der Waals surface area contributed by atoms with E-state index in [1.54, 1.807) is 32.9 Å². The van der Waals surface area contributed by atoms with Crippen LogP contribution in [0.4, 0.5) is 14.9 Å². The molecule has 0 saturated carbocycles. The molecule has 0 saturated heterocycles. The van der Waals surface area contributed by atoms with E-state index in [0.717, 1.165) is 18.8 Å². The van der Waals surface area contributed by atoms with E-state index in [2.05, 4.69) is 10.2 Å². The van der Waals surface area contributed by atoms with Crippen LogP contribution in [0.5, 0.6) is 0 Å². The molecule has 0 fully saturated rings. The minimum atomic E-state index is -0.603. The number of hydrogen-bond acceptors (Lipinski definition) is 4. The highest BCUT2D eigenvalue weighted by Gasteiger charge is 2.17. The number of carbonyl (C=O) groups excluding carboxylic acids is 1. The largest absolute Gasteiger partial charge is 0.444 e. The van der Waals surface area contributed by atoms with Gasteiger partial charge in [-0.25, -0.2) is 9.18 Å². The van der Waals surface area contributed by atoms with Crippen molar-refractivity contribution >= 4 is 23.4 Å². The number of likely N-dealkylation sites (N-methyl/N-ethyl adjacent to an activating group) is 2. The van der Waals surface area contributed by atoms with Crippen LogP contribution in [-0.4, -0.2) is 50.8 Å². The first-order valence-electron chi connectivity index (χ1n) is 7.80. The lowest BCUT2D eigenvalue weighted by molar-refractivity contribution is 0.0523. The van der Waals surface area contributed by atoms with E-state index in [9.17, 15) is 9.18 Å². The van der Waals surface area contributed by atoms with Crippen LogP contribution >= 0.6 is 11.6 Å². The summed E-state index contributed by atoms with van der Waals surface area (Å²) in [5.74, 6) is -0.530. The fourth-order valence-electron chi connectivity index (χ4n) is 1.94. The summed E-state index contributed by atoms with van der Waals surface area (Å²) in [6, 6.07) is 3.28. The molecule has 0 aliphatic carbocycles. The number of rotatable bonds is 6. The van der Waals surface area contributed by atoms with Crippen LogP contribution in [0, 0.1) is 5.82 Å². The minimum absolute atomic E-state index is 0.00975. The molecule has 1 rings (SSSR count). The van der Waals surface area contributed by atoms with Crippen LogP contribution in [0.2, 0.25) is 5.02 Å². The molecule has 0 aromatic heterocycles. The van der Waals surface area contributed by atoms with Gasteiger partial charge in [-0.05, 0) is 47.0 Å².